The number of carbonyl (C=O) groups is 2. The molecular formula is C28H42ClN5O3Si. The van der Waals surface area contributed by atoms with Gasteiger partial charge in [-0.15, -0.1) is 0 Å². The zero-order chi connectivity index (χ0) is 28.0. The Morgan fingerprint density at radius 2 is 1.89 bits per heavy atom. The molecule has 10 heteroatoms. The molecule has 0 radical (unpaired) electrons. The van der Waals surface area contributed by atoms with Crippen LogP contribution in [0, 0.1) is 11.3 Å². The summed E-state index contributed by atoms with van der Waals surface area (Å²) in [7, 11) is -2.08. The number of pyridine rings is 1. The van der Waals surface area contributed by atoms with Crippen LogP contribution in [0.4, 0.5) is 5.82 Å². The van der Waals surface area contributed by atoms with Crippen LogP contribution in [-0.4, -0.2) is 40.9 Å². The highest BCUT2D eigenvalue weighted by atomic mass is 35.5. The molecule has 2 aromatic rings. The lowest BCUT2D eigenvalue weighted by Gasteiger charge is -2.41. The van der Waals surface area contributed by atoms with Gasteiger partial charge >= 0.3 is 0 Å². The molecule has 1 aliphatic heterocycles. The van der Waals surface area contributed by atoms with Crippen LogP contribution in [0.1, 0.15) is 79.0 Å². The fraction of sp³-hybridized carbons (Fsp3) is 0.643. The normalized spacial score (nSPS) is 23.1. The van der Waals surface area contributed by atoms with Gasteiger partial charge in [0, 0.05) is 48.2 Å². The van der Waals surface area contributed by atoms with Crippen molar-refractivity contribution in [2.45, 2.75) is 104 Å². The highest BCUT2D eigenvalue weighted by Gasteiger charge is 2.48. The Morgan fingerprint density at radius 1 is 1.18 bits per heavy atom. The minimum atomic E-state index is -2.08. The molecule has 0 bridgehead atoms. The minimum absolute atomic E-state index is 0.0296. The fourth-order valence-electron chi connectivity index (χ4n) is 5.32. The number of nitrogens with zero attached hydrogens (tertiary/aromatic N) is 3. The van der Waals surface area contributed by atoms with Crippen molar-refractivity contribution in [1.29, 1.82) is 0 Å². The van der Waals surface area contributed by atoms with Gasteiger partial charge in [0.2, 0.25) is 11.8 Å². The maximum absolute atomic E-state index is 13.1. The topological polar surface area (TPSA) is 98.1 Å². The van der Waals surface area contributed by atoms with E-state index in [0.717, 1.165) is 42.6 Å². The first-order valence-electron chi connectivity index (χ1n) is 13.6. The van der Waals surface area contributed by atoms with Crippen molar-refractivity contribution in [1.82, 2.24) is 20.1 Å². The van der Waals surface area contributed by atoms with Gasteiger partial charge in [-0.25, -0.2) is 4.98 Å². The van der Waals surface area contributed by atoms with Gasteiger partial charge in [0.1, 0.15) is 5.82 Å². The van der Waals surface area contributed by atoms with E-state index in [0.29, 0.717) is 17.3 Å². The highest BCUT2D eigenvalue weighted by molar-refractivity contribution is 6.74. The van der Waals surface area contributed by atoms with Crippen molar-refractivity contribution >= 4 is 37.6 Å². The molecule has 38 heavy (non-hydrogen) atoms. The molecule has 2 amide bonds. The van der Waals surface area contributed by atoms with Gasteiger partial charge in [0.05, 0.1) is 23.0 Å². The van der Waals surface area contributed by atoms with Crippen molar-refractivity contribution in [3.8, 4) is 11.1 Å². The van der Waals surface area contributed by atoms with E-state index < -0.39 is 8.32 Å². The summed E-state index contributed by atoms with van der Waals surface area (Å²) < 4.78 is 9.03. The minimum Gasteiger partial charge on any atom is -0.408 e. The Kier molecular flexibility index (Phi) is 7.87. The maximum Gasteiger partial charge on any atom is 0.228 e. The average Bonchev–Trinajstić information content (AvgIpc) is 3.29. The van der Waals surface area contributed by atoms with E-state index in [1.807, 2.05) is 16.9 Å². The molecule has 3 heterocycles. The van der Waals surface area contributed by atoms with E-state index in [1.54, 1.807) is 6.20 Å². The third-order valence-electron chi connectivity index (χ3n) is 8.46. The van der Waals surface area contributed by atoms with E-state index in [1.165, 1.54) is 6.92 Å². The molecule has 4 rings (SSSR count). The lowest BCUT2D eigenvalue weighted by Crippen LogP contribution is -2.43. The zero-order valence-corrected chi connectivity index (χ0v) is 25.7. The number of fused-ring (bicyclic) bond motifs is 1. The van der Waals surface area contributed by atoms with Gasteiger partial charge < -0.3 is 15.1 Å². The molecule has 1 saturated carbocycles. The van der Waals surface area contributed by atoms with Gasteiger partial charge in [-0.1, -0.05) is 52.6 Å². The Labute approximate surface area is 232 Å². The number of nitrogens with one attached hydrogen (secondary N) is 2. The van der Waals surface area contributed by atoms with Gasteiger partial charge in [-0.2, -0.15) is 5.10 Å². The number of hydrogen-bond acceptors (Lipinski definition) is 5. The van der Waals surface area contributed by atoms with Crippen LogP contribution in [-0.2, 0) is 20.6 Å². The Balaban J connectivity index is 1.60. The molecule has 208 valence electrons. The smallest absolute Gasteiger partial charge is 0.228 e. The Bertz CT molecular complexity index is 1220. The van der Waals surface area contributed by atoms with Crippen molar-refractivity contribution in [2.24, 2.45) is 11.3 Å². The van der Waals surface area contributed by atoms with Gasteiger partial charge in [-0.05, 0) is 43.5 Å². The predicted molar refractivity (Wildman–Crippen MR) is 153 cm³/mol. The monoisotopic (exact) mass is 559 g/mol. The van der Waals surface area contributed by atoms with Crippen LogP contribution < -0.4 is 10.6 Å². The molecular weight excluding hydrogens is 518 g/mol. The van der Waals surface area contributed by atoms with Crippen LogP contribution in [0.25, 0.3) is 11.1 Å². The maximum atomic E-state index is 13.1. The molecule has 1 aliphatic carbocycles. The van der Waals surface area contributed by atoms with E-state index in [2.05, 4.69) is 63.3 Å². The van der Waals surface area contributed by atoms with Crippen LogP contribution >= 0.6 is 11.6 Å². The summed E-state index contributed by atoms with van der Waals surface area (Å²) in [6.07, 6.45) is 6.52. The standard InChI is InChI=1S/C28H42ClN5O3Si/c1-17(35)32-19-11-9-10-18(12-19)26(36)33-23-13-20(22(29)15-30-23)21-14-31-34-16-28(5,6)25(24(21)34)37-38(7,8)27(2,3)4/h13-15,18-19,25H,9-12,16H2,1-8H3,(H,32,35)(H,30,33,36)/t18-,19+,25?/m0/s1. The molecule has 0 saturated heterocycles. The zero-order valence-electron chi connectivity index (χ0n) is 23.9. The third kappa shape index (κ3) is 5.84. The van der Waals surface area contributed by atoms with Crippen LogP contribution in [0.3, 0.4) is 0 Å². The molecule has 0 aromatic carbocycles. The number of hydrogen-bond donors (Lipinski definition) is 2. The second kappa shape index (κ2) is 10.4. The molecule has 8 nitrogen and oxygen atoms in total. The number of aromatic nitrogens is 3. The van der Waals surface area contributed by atoms with Crippen molar-refractivity contribution in [2.75, 3.05) is 5.32 Å². The summed E-state index contributed by atoms with van der Waals surface area (Å²) in [5.41, 5.74) is 2.58. The van der Waals surface area contributed by atoms with Crippen LogP contribution in [0.2, 0.25) is 23.2 Å². The number of rotatable bonds is 6. The second-order valence-corrected chi connectivity index (χ2v) is 18.3. The van der Waals surface area contributed by atoms with E-state index in [9.17, 15) is 9.59 Å². The van der Waals surface area contributed by atoms with E-state index in [-0.39, 0.29) is 40.3 Å². The SMILES string of the molecule is CC(=O)N[C@@H]1CCC[C@H](C(=O)Nc2cc(-c3cnn4c3C(O[Si](C)(C)C(C)(C)C)C(C)(C)C4)c(Cl)cn2)C1. The highest BCUT2D eigenvalue weighted by Crippen LogP contribution is 2.52. The van der Waals surface area contributed by atoms with Gasteiger partial charge in [0.15, 0.2) is 8.32 Å². The summed E-state index contributed by atoms with van der Waals surface area (Å²) >= 11 is 6.68. The quantitative estimate of drug-likeness (QED) is 0.403. The van der Waals surface area contributed by atoms with E-state index >= 15 is 0 Å². The molecule has 2 aliphatic rings. The summed E-state index contributed by atoms with van der Waals surface area (Å²) in [6, 6.07) is 1.86. The molecule has 1 fully saturated rings. The lowest BCUT2D eigenvalue weighted by molar-refractivity contribution is -0.123. The van der Waals surface area contributed by atoms with Crippen molar-refractivity contribution < 1.29 is 14.0 Å². The number of halogens is 1. The number of anilines is 1. The summed E-state index contributed by atoms with van der Waals surface area (Å²) in [5.74, 6) is 0.134. The Morgan fingerprint density at radius 3 is 2.55 bits per heavy atom. The van der Waals surface area contributed by atoms with Crippen LogP contribution in [0.5, 0.6) is 0 Å². The Hall–Kier alpha value is -2.23. The molecule has 3 atom stereocenters. The number of carbonyl (C=O) groups excluding carboxylic acids is 2. The van der Waals surface area contributed by atoms with E-state index in [4.69, 9.17) is 21.1 Å². The summed E-state index contributed by atoms with van der Waals surface area (Å²) in [4.78, 5) is 29.0. The number of amides is 2. The third-order valence-corrected chi connectivity index (χ3v) is 13.2. The predicted octanol–water partition coefficient (Wildman–Crippen LogP) is 6.33. The molecule has 1 unspecified atom stereocenters. The molecule has 2 N–H and O–H groups in total. The second-order valence-electron chi connectivity index (χ2n) is 13.1. The lowest BCUT2D eigenvalue weighted by atomic mass is 9.85. The summed E-state index contributed by atoms with van der Waals surface area (Å²) in [5, 5.41) is 11.2. The van der Waals surface area contributed by atoms with Crippen LogP contribution in [0.15, 0.2) is 18.5 Å². The van der Waals surface area contributed by atoms with Crippen molar-refractivity contribution in [3.63, 3.8) is 0 Å². The largest absolute Gasteiger partial charge is 0.408 e. The summed E-state index contributed by atoms with van der Waals surface area (Å²) in [6.45, 7) is 18.0. The van der Waals surface area contributed by atoms with Gasteiger partial charge in [0.25, 0.3) is 0 Å². The first-order valence-corrected chi connectivity index (χ1v) is 16.8. The first-order chi connectivity index (χ1) is 17.6. The fourth-order valence-corrected chi connectivity index (χ4v) is 6.90. The molecule has 0 spiro atoms. The van der Waals surface area contributed by atoms with Crippen molar-refractivity contribution in [3.05, 3.63) is 29.2 Å². The first kappa shape index (κ1) is 28.8. The van der Waals surface area contributed by atoms with Gasteiger partial charge in [-0.3, -0.25) is 14.3 Å². The molecule has 2 aromatic heterocycles. The average molecular weight is 560 g/mol.